The zero-order chi connectivity index (χ0) is 15.4. The van der Waals surface area contributed by atoms with Crippen LogP contribution in [0.3, 0.4) is 0 Å². The second-order valence-corrected chi connectivity index (χ2v) is 7.39. The average molecular weight is 297 g/mol. The van der Waals surface area contributed by atoms with Crippen molar-refractivity contribution in [2.45, 2.75) is 26.2 Å². The van der Waals surface area contributed by atoms with Gasteiger partial charge >= 0.3 is 0 Å². The van der Waals surface area contributed by atoms with E-state index < -0.39 is 9.84 Å². The van der Waals surface area contributed by atoms with Crippen molar-refractivity contribution in [1.82, 2.24) is 15.3 Å². The molecule has 0 atom stereocenters. The second-order valence-electron chi connectivity index (χ2n) is 5.46. The van der Waals surface area contributed by atoms with Gasteiger partial charge in [0.05, 0.1) is 5.56 Å². The van der Waals surface area contributed by atoms with Gasteiger partial charge in [0.1, 0.15) is 5.82 Å². The van der Waals surface area contributed by atoms with Gasteiger partial charge in [0.15, 0.2) is 9.84 Å². The van der Waals surface area contributed by atoms with E-state index in [9.17, 15) is 13.2 Å². The molecule has 1 aromatic heterocycles. The Bertz CT molecular complexity index is 599. The molecule has 110 valence electrons. The van der Waals surface area contributed by atoms with Crippen LogP contribution in [-0.4, -0.2) is 37.1 Å². The van der Waals surface area contributed by atoms with Gasteiger partial charge in [-0.2, -0.15) is 0 Å². The second kappa shape index (κ2) is 6.13. The first kappa shape index (κ1) is 16.3. The summed E-state index contributed by atoms with van der Waals surface area (Å²) in [4.78, 5) is 20.1. The van der Waals surface area contributed by atoms with Crippen molar-refractivity contribution in [3.05, 3.63) is 35.3 Å². The molecule has 1 aromatic rings. The Morgan fingerprint density at radius 1 is 1.30 bits per heavy atom. The van der Waals surface area contributed by atoms with Crippen LogP contribution < -0.4 is 5.32 Å². The van der Waals surface area contributed by atoms with Crippen LogP contribution in [0.15, 0.2) is 23.9 Å². The quantitative estimate of drug-likeness (QED) is 0.897. The van der Waals surface area contributed by atoms with E-state index in [1.807, 2.05) is 20.8 Å². The zero-order valence-electron chi connectivity index (χ0n) is 12.0. The fourth-order valence-electron chi connectivity index (χ4n) is 1.31. The average Bonchev–Trinajstić information content (AvgIpc) is 2.32. The Labute approximate surface area is 119 Å². The number of carbonyl (C=O) groups excluding carboxylic acids is 1. The molecule has 0 bridgehead atoms. The molecule has 0 fully saturated rings. The van der Waals surface area contributed by atoms with E-state index in [1.54, 1.807) is 0 Å². The molecule has 7 heteroatoms. The molecule has 0 spiro atoms. The Morgan fingerprint density at radius 2 is 1.85 bits per heavy atom. The first-order valence-corrected chi connectivity index (χ1v) is 8.02. The summed E-state index contributed by atoms with van der Waals surface area (Å²) in [6, 6.07) is 0. The van der Waals surface area contributed by atoms with Gasteiger partial charge in [-0.3, -0.25) is 4.79 Å². The number of aromatic nitrogens is 2. The van der Waals surface area contributed by atoms with Crippen molar-refractivity contribution < 1.29 is 13.2 Å². The first-order valence-electron chi connectivity index (χ1n) is 6.07. The predicted molar refractivity (Wildman–Crippen MR) is 77.0 cm³/mol. The SMILES string of the molecule is CC(C)(C)c1ncc(C(=O)NC/C=C/S(C)(=O)=O)cn1. The van der Waals surface area contributed by atoms with E-state index in [2.05, 4.69) is 15.3 Å². The van der Waals surface area contributed by atoms with Gasteiger partial charge in [-0.25, -0.2) is 18.4 Å². The third-order valence-electron chi connectivity index (χ3n) is 2.31. The molecule has 0 aromatic carbocycles. The van der Waals surface area contributed by atoms with Crippen LogP contribution in [-0.2, 0) is 15.3 Å². The summed E-state index contributed by atoms with van der Waals surface area (Å²) in [5.41, 5.74) is 0.165. The van der Waals surface area contributed by atoms with Gasteiger partial charge in [-0.05, 0) is 0 Å². The molecule has 20 heavy (non-hydrogen) atoms. The Kier molecular flexibility index (Phi) is 4.99. The molecule has 1 N–H and O–H groups in total. The Hall–Kier alpha value is -1.76. The summed E-state index contributed by atoms with van der Waals surface area (Å²) < 4.78 is 21.7. The maximum absolute atomic E-state index is 11.8. The molecule has 0 saturated carbocycles. The third-order valence-corrected chi connectivity index (χ3v) is 3.00. The maximum Gasteiger partial charge on any atom is 0.254 e. The van der Waals surface area contributed by atoms with Gasteiger partial charge < -0.3 is 5.32 Å². The zero-order valence-corrected chi connectivity index (χ0v) is 12.9. The molecule has 0 aliphatic heterocycles. The number of carbonyl (C=O) groups is 1. The normalized spacial score (nSPS) is 12.6. The van der Waals surface area contributed by atoms with Crippen molar-refractivity contribution in [2.75, 3.05) is 12.8 Å². The summed E-state index contributed by atoms with van der Waals surface area (Å²) in [5.74, 6) is 0.314. The number of nitrogens with one attached hydrogen (secondary N) is 1. The van der Waals surface area contributed by atoms with Crippen LogP contribution in [0.25, 0.3) is 0 Å². The van der Waals surface area contributed by atoms with Crippen molar-refractivity contribution in [2.24, 2.45) is 0 Å². The third kappa shape index (κ3) is 5.48. The molecule has 1 heterocycles. The summed E-state index contributed by atoms with van der Waals surface area (Å²) >= 11 is 0. The Morgan fingerprint density at radius 3 is 2.30 bits per heavy atom. The monoisotopic (exact) mass is 297 g/mol. The molecule has 0 saturated heterocycles. The molecule has 0 radical (unpaired) electrons. The van der Waals surface area contributed by atoms with Crippen molar-refractivity contribution in [3.8, 4) is 0 Å². The smallest absolute Gasteiger partial charge is 0.254 e. The fourth-order valence-corrected chi connectivity index (χ4v) is 1.75. The number of nitrogens with zero attached hydrogens (tertiary/aromatic N) is 2. The van der Waals surface area contributed by atoms with Crippen LogP contribution >= 0.6 is 0 Å². The van der Waals surface area contributed by atoms with E-state index in [4.69, 9.17) is 0 Å². The number of hydrogen-bond acceptors (Lipinski definition) is 5. The highest BCUT2D eigenvalue weighted by molar-refractivity contribution is 7.93. The first-order chi connectivity index (χ1) is 9.09. The minimum absolute atomic E-state index is 0.132. The van der Waals surface area contributed by atoms with Crippen LogP contribution in [0, 0.1) is 0 Å². The van der Waals surface area contributed by atoms with E-state index in [0.717, 1.165) is 11.7 Å². The molecule has 0 aliphatic carbocycles. The number of hydrogen-bond donors (Lipinski definition) is 1. The van der Waals surface area contributed by atoms with Crippen LogP contribution in [0.1, 0.15) is 37.0 Å². The van der Waals surface area contributed by atoms with E-state index in [1.165, 1.54) is 18.5 Å². The van der Waals surface area contributed by atoms with E-state index in [-0.39, 0.29) is 17.9 Å². The number of sulfone groups is 1. The van der Waals surface area contributed by atoms with E-state index in [0.29, 0.717) is 11.4 Å². The summed E-state index contributed by atoms with van der Waals surface area (Å²) in [7, 11) is -3.17. The summed E-state index contributed by atoms with van der Waals surface area (Å²) in [5, 5.41) is 3.61. The minimum Gasteiger partial charge on any atom is -0.348 e. The van der Waals surface area contributed by atoms with Gasteiger partial charge in [0, 0.05) is 36.0 Å². The lowest BCUT2D eigenvalue weighted by molar-refractivity contribution is 0.0957. The maximum atomic E-state index is 11.8. The number of amides is 1. The Balaban J connectivity index is 2.63. The molecule has 1 amide bonds. The highest BCUT2D eigenvalue weighted by atomic mass is 32.2. The van der Waals surface area contributed by atoms with Gasteiger partial charge in [-0.15, -0.1) is 0 Å². The highest BCUT2D eigenvalue weighted by Crippen LogP contribution is 2.16. The summed E-state index contributed by atoms with van der Waals surface area (Å²) in [6.07, 6.45) is 5.38. The molecule has 6 nitrogen and oxygen atoms in total. The fraction of sp³-hybridized carbons (Fsp3) is 0.462. The molecule has 0 aliphatic rings. The lowest BCUT2D eigenvalue weighted by Gasteiger charge is -2.15. The van der Waals surface area contributed by atoms with Gasteiger partial charge in [-0.1, -0.05) is 26.8 Å². The topological polar surface area (TPSA) is 89.0 Å². The molecule has 1 rings (SSSR count). The highest BCUT2D eigenvalue weighted by Gasteiger charge is 2.17. The van der Waals surface area contributed by atoms with Crippen LogP contribution in [0.2, 0.25) is 0 Å². The molecular weight excluding hydrogens is 278 g/mol. The minimum atomic E-state index is -3.17. The lowest BCUT2D eigenvalue weighted by Crippen LogP contribution is -2.24. The predicted octanol–water partition coefficient (Wildman–Crippen LogP) is 1.06. The van der Waals surface area contributed by atoms with Crippen LogP contribution in [0.4, 0.5) is 0 Å². The van der Waals surface area contributed by atoms with Crippen LogP contribution in [0.5, 0.6) is 0 Å². The summed E-state index contributed by atoms with van der Waals surface area (Å²) in [6.45, 7) is 6.08. The van der Waals surface area contributed by atoms with Gasteiger partial charge in [0.2, 0.25) is 0 Å². The molecule has 0 unspecified atom stereocenters. The molecular formula is C13H19N3O3S. The van der Waals surface area contributed by atoms with E-state index >= 15 is 0 Å². The lowest BCUT2D eigenvalue weighted by atomic mass is 9.96. The van der Waals surface area contributed by atoms with Crippen molar-refractivity contribution in [3.63, 3.8) is 0 Å². The standard InChI is InChI=1S/C13H19N3O3S/c1-13(2,3)12-15-8-10(9-16-12)11(17)14-6-5-7-20(4,18)19/h5,7-9H,6H2,1-4H3,(H,14,17)/b7-5+. The van der Waals surface area contributed by atoms with Gasteiger partial charge in [0.25, 0.3) is 5.91 Å². The van der Waals surface area contributed by atoms with Crippen molar-refractivity contribution in [1.29, 1.82) is 0 Å². The number of rotatable bonds is 4. The van der Waals surface area contributed by atoms with Crippen molar-refractivity contribution >= 4 is 15.7 Å². The largest absolute Gasteiger partial charge is 0.348 e.